The van der Waals surface area contributed by atoms with Crippen LogP contribution in [0.2, 0.25) is 0 Å². The van der Waals surface area contributed by atoms with Crippen LogP contribution in [0, 0.1) is 6.92 Å². The molecule has 1 unspecified atom stereocenters. The van der Waals surface area contributed by atoms with E-state index in [2.05, 4.69) is 21.2 Å². The van der Waals surface area contributed by atoms with Crippen LogP contribution in [0.4, 0.5) is 5.69 Å². The number of aryl methyl sites for hydroxylation is 1. The number of carboxylic acids is 1. The minimum absolute atomic E-state index is 0.181. The zero-order valence-corrected chi connectivity index (χ0v) is 12.1. The number of hydrogen-bond donors (Lipinski definition) is 2. The molecule has 2 rings (SSSR count). The molecule has 102 valence electrons. The first-order chi connectivity index (χ1) is 8.99. The Labute approximate surface area is 119 Å². The number of benzene rings is 1. The van der Waals surface area contributed by atoms with Crippen LogP contribution in [-0.2, 0) is 9.59 Å². The van der Waals surface area contributed by atoms with Crippen molar-refractivity contribution in [1.82, 2.24) is 5.32 Å². The second-order valence-electron chi connectivity index (χ2n) is 4.53. The summed E-state index contributed by atoms with van der Waals surface area (Å²) in [5.74, 6) is -1.15. The van der Waals surface area contributed by atoms with E-state index in [9.17, 15) is 9.59 Å². The van der Waals surface area contributed by atoms with Crippen molar-refractivity contribution in [3.8, 4) is 0 Å². The van der Waals surface area contributed by atoms with Crippen molar-refractivity contribution in [2.45, 2.75) is 19.4 Å². The molecule has 19 heavy (non-hydrogen) atoms. The number of carbonyl (C=O) groups is 2. The van der Waals surface area contributed by atoms with E-state index < -0.39 is 12.0 Å². The Hall–Kier alpha value is -1.40. The van der Waals surface area contributed by atoms with E-state index in [0.29, 0.717) is 13.1 Å². The van der Waals surface area contributed by atoms with Gasteiger partial charge in [0, 0.05) is 23.2 Å². The number of piperazine rings is 1. The number of nitrogens with zero attached hydrogens (tertiary/aromatic N) is 1. The predicted molar refractivity (Wildman–Crippen MR) is 75.3 cm³/mol. The average molecular weight is 327 g/mol. The Morgan fingerprint density at radius 3 is 2.95 bits per heavy atom. The summed E-state index contributed by atoms with van der Waals surface area (Å²) >= 11 is 3.39. The Kier molecular flexibility index (Phi) is 4.21. The summed E-state index contributed by atoms with van der Waals surface area (Å²) in [4.78, 5) is 24.7. The van der Waals surface area contributed by atoms with Crippen LogP contribution in [0.1, 0.15) is 12.0 Å². The van der Waals surface area contributed by atoms with Crippen LogP contribution in [0.3, 0.4) is 0 Å². The Morgan fingerprint density at radius 2 is 2.32 bits per heavy atom. The summed E-state index contributed by atoms with van der Waals surface area (Å²) in [5.41, 5.74) is 1.82. The second kappa shape index (κ2) is 5.71. The number of rotatable bonds is 3. The zero-order chi connectivity index (χ0) is 14.0. The molecule has 1 aliphatic rings. The number of carbonyl (C=O) groups excluding carboxylic acids is 1. The van der Waals surface area contributed by atoms with Crippen molar-refractivity contribution in [3.05, 3.63) is 28.2 Å². The van der Waals surface area contributed by atoms with Crippen LogP contribution >= 0.6 is 15.9 Å². The monoisotopic (exact) mass is 326 g/mol. The van der Waals surface area contributed by atoms with Crippen LogP contribution in [0.25, 0.3) is 0 Å². The molecule has 1 aliphatic heterocycles. The van der Waals surface area contributed by atoms with Gasteiger partial charge in [-0.15, -0.1) is 0 Å². The second-order valence-corrected chi connectivity index (χ2v) is 5.44. The van der Waals surface area contributed by atoms with Gasteiger partial charge < -0.3 is 15.3 Å². The van der Waals surface area contributed by atoms with Crippen molar-refractivity contribution >= 4 is 33.5 Å². The molecule has 1 aromatic carbocycles. The fourth-order valence-corrected chi connectivity index (χ4v) is 2.71. The maximum absolute atomic E-state index is 12.3. The van der Waals surface area contributed by atoms with Gasteiger partial charge in [-0.2, -0.15) is 0 Å². The molecule has 1 saturated heterocycles. The molecular formula is C13H15BrN2O3. The summed E-state index contributed by atoms with van der Waals surface area (Å²) < 4.78 is 0.957. The van der Waals surface area contributed by atoms with Gasteiger partial charge in [0.2, 0.25) is 5.91 Å². The topological polar surface area (TPSA) is 69.6 Å². The molecule has 0 bridgehead atoms. The number of halogens is 1. The Morgan fingerprint density at radius 1 is 1.58 bits per heavy atom. The maximum atomic E-state index is 12.3. The number of hydrogen-bond acceptors (Lipinski definition) is 3. The average Bonchev–Trinajstić information content (AvgIpc) is 2.32. The van der Waals surface area contributed by atoms with Crippen LogP contribution in [0.15, 0.2) is 22.7 Å². The molecular weight excluding hydrogens is 312 g/mol. The third-order valence-electron chi connectivity index (χ3n) is 3.12. The van der Waals surface area contributed by atoms with E-state index in [4.69, 9.17) is 5.11 Å². The highest BCUT2D eigenvalue weighted by molar-refractivity contribution is 9.10. The number of nitrogens with one attached hydrogen (secondary N) is 1. The van der Waals surface area contributed by atoms with E-state index in [1.54, 1.807) is 4.90 Å². The van der Waals surface area contributed by atoms with Crippen molar-refractivity contribution in [2.75, 3.05) is 18.0 Å². The molecule has 0 aromatic heterocycles. The van der Waals surface area contributed by atoms with Crippen LogP contribution in [-0.4, -0.2) is 36.1 Å². The SMILES string of the molecule is Cc1cc(Br)ccc1N1CCNC(CC(=O)O)C1=O. The molecule has 0 spiro atoms. The van der Waals surface area contributed by atoms with Crippen molar-refractivity contribution in [1.29, 1.82) is 0 Å². The van der Waals surface area contributed by atoms with Gasteiger partial charge in [-0.25, -0.2) is 0 Å². The van der Waals surface area contributed by atoms with Crippen molar-refractivity contribution in [2.24, 2.45) is 0 Å². The smallest absolute Gasteiger partial charge is 0.305 e. The van der Waals surface area contributed by atoms with E-state index in [0.717, 1.165) is 15.7 Å². The molecule has 1 amide bonds. The highest BCUT2D eigenvalue weighted by Crippen LogP contribution is 2.25. The van der Waals surface area contributed by atoms with Gasteiger partial charge in [-0.1, -0.05) is 15.9 Å². The molecule has 1 aromatic rings. The fraction of sp³-hybridized carbons (Fsp3) is 0.385. The third-order valence-corrected chi connectivity index (χ3v) is 3.61. The lowest BCUT2D eigenvalue weighted by atomic mass is 10.1. The summed E-state index contributed by atoms with van der Waals surface area (Å²) in [6.07, 6.45) is -0.190. The minimum Gasteiger partial charge on any atom is -0.481 e. The predicted octanol–water partition coefficient (Wildman–Crippen LogP) is 1.54. The molecule has 2 N–H and O–H groups in total. The first kappa shape index (κ1) is 14.0. The molecule has 0 saturated carbocycles. The highest BCUT2D eigenvalue weighted by atomic mass is 79.9. The van der Waals surface area contributed by atoms with Gasteiger partial charge in [0.1, 0.15) is 0 Å². The van der Waals surface area contributed by atoms with Gasteiger partial charge in [-0.05, 0) is 30.7 Å². The summed E-state index contributed by atoms with van der Waals surface area (Å²) in [6, 6.07) is 5.05. The zero-order valence-electron chi connectivity index (χ0n) is 10.5. The first-order valence-electron chi connectivity index (χ1n) is 6.02. The van der Waals surface area contributed by atoms with Crippen molar-refractivity contribution in [3.63, 3.8) is 0 Å². The Balaban J connectivity index is 2.24. The minimum atomic E-state index is -0.972. The molecule has 1 heterocycles. The number of amides is 1. The quantitative estimate of drug-likeness (QED) is 0.884. The fourth-order valence-electron chi connectivity index (χ4n) is 2.23. The molecule has 0 aliphatic carbocycles. The van der Waals surface area contributed by atoms with Gasteiger partial charge in [0.15, 0.2) is 0 Å². The van der Waals surface area contributed by atoms with Crippen LogP contribution < -0.4 is 10.2 Å². The van der Waals surface area contributed by atoms with Gasteiger partial charge in [0.25, 0.3) is 0 Å². The maximum Gasteiger partial charge on any atom is 0.305 e. The van der Waals surface area contributed by atoms with E-state index in [-0.39, 0.29) is 12.3 Å². The molecule has 1 fully saturated rings. The first-order valence-corrected chi connectivity index (χ1v) is 6.81. The summed E-state index contributed by atoms with van der Waals surface area (Å²) in [7, 11) is 0. The highest BCUT2D eigenvalue weighted by Gasteiger charge is 2.31. The third kappa shape index (κ3) is 3.13. The lowest BCUT2D eigenvalue weighted by molar-refractivity contribution is -0.139. The van der Waals surface area contributed by atoms with E-state index in [1.807, 2.05) is 25.1 Å². The van der Waals surface area contributed by atoms with Crippen LogP contribution in [0.5, 0.6) is 0 Å². The molecule has 5 nitrogen and oxygen atoms in total. The molecule has 6 heteroatoms. The van der Waals surface area contributed by atoms with Gasteiger partial charge in [0.05, 0.1) is 12.5 Å². The number of carboxylic acid groups (broad SMARTS) is 1. The number of aliphatic carboxylic acids is 1. The van der Waals surface area contributed by atoms with Crippen molar-refractivity contribution < 1.29 is 14.7 Å². The normalized spacial score (nSPS) is 19.6. The Bertz CT molecular complexity index is 519. The van der Waals surface area contributed by atoms with Gasteiger partial charge in [-0.3, -0.25) is 9.59 Å². The summed E-state index contributed by atoms with van der Waals surface area (Å²) in [6.45, 7) is 3.08. The standard InChI is InChI=1S/C13H15BrN2O3/c1-8-6-9(14)2-3-11(8)16-5-4-15-10(13(16)19)7-12(17)18/h2-3,6,10,15H,4-5,7H2,1H3,(H,17,18). The van der Waals surface area contributed by atoms with Gasteiger partial charge >= 0.3 is 5.97 Å². The largest absolute Gasteiger partial charge is 0.481 e. The van der Waals surface area contributed by atoms with E-state index in [1.165, 1.54) is 0 Å². The molecule has 1 atom stereocenters. The lowest BCUT2D eigenvalue weighted by Gasteiger charge is -2.33. The molecule has 0 radical (unpaired) electrons. The van der Waals surface area contributed by atoms with E-state index >= 15 is 0 Å². The summed E-state index contributed by atoms with van der Waals surface area (Å²) in [5, 5.41) is 11.8. The lowest BCUT2D eigenvalue weighted by Crippen LogP contribution is -2.56. The number of anilines is 1.